The van der Waals surface area contributed by atoms with E-state index in [0.29, 0.717) is 22.5 Å². The molecule has 0 amide bonds. The molecule has 0 bridgehead atoms. The van der Waals surface area contributed by atoms with Gasteiger partial charge >= 0.3 is 0 Å². The van der Waals surface area contributed by atoms with Crippen molar-refractivity contribution in [2.75, 3.05) is 0 Å². The molecule has 0 saturated heterocycles. The fraction of sp³-hybridized carbons (Fsp3) is 0.0606. The molecule has 0 aliphatic heterocycles. The molecule has 188 valence electrons. The monoisotopic (exact) mass is 508 g/mol. The minimum atomic E-state index is -0.254. The van der Waals surface area contributed by atoms with Crippen LogP contribution in [0.5, 0.6) is 0 Å². The molecule has 7 rings (SSSR count). The van der Waals surface area contributed by atoms with Gasteiger partial charge < -0.3 is 8.98 Å². The van der Waals surface area contributed by atoms with Crippen LogP contribution < -0.4 is 5.56 Å². The van der Waals surface area contributed by atoms with Crippen molar-refractivity contribution in [2.24, 2.45) is 5.10 Å². The Hall–Kier alpha value is -5.23. The van der Waals surface area contributed by atoms with Crippen LogP contribution in [0.1, 0.15) is 16.7 Å². The Kier molecular flexibility index (Phi) is 5.44. The van der Waals surface area contributed by atoms with E-state index >= 15 is 0 Å². The maximum atomic E-state index is 13.7. The maximum absolute atomic E-state index is 13.7. The highest BCUT2D eigenvalue weighted by Gasteiger charge is 2.17. The fourth-order valence-corrected chi connectivity index (χ4v) is 5.00. The zero-order valence-corrected chi connectivity index (χ0v) is 21.3. The molecule has 0 spiro atoms. The number of rotatable bonds is 5. The van der Waals surface area contributed by atoms with Crippen LogP contribution in [0.25, 0.3) is 44.4 Å². The van der Waals surface area contributed by atoms with E-state index in [9.17, 15) is 4.79 Å². The molecule has 0 aliphatic carbocycles. The summed E-state index contributed by atoms with van der Waals surface area (Å²) in [5, 5.41) is 7.19. The van der Waals surface area contributed by atoms with Crippen molar-refractivity contribution < 1.29 is 4.42 Å². The molecular weight excluding hydrogens is 484 g/mol. The van der Waals surface area contributed by atoms with Crippen LogP contribution in [-0.4, -0.2) is 20.4 Å². The van der Waals surface area contributed by atoms with Crippen molar-refractivity contribution in [1.29, 1.82) is 0 Å². The van der Waals surface area contributed by atoms with Crippen molar-refractivity contribution in [2.45, 2.75) is 13.5 Å². The average Bonchev–Trinajstić information content (AvgIpc) is 3.55. The van der Waals surface area contributed by atoms with E-state index in [4.69, 9.17) is 14.5 Å². The van der Waals surface area contributed by atoms with Gasteiger partial charge in [0.25, 0.3) is 5.56 Å². The molecule has 0 saturated carbocycles. The molecule has 3 aromatic heterocycles. The van der Waals surface area contributed by atoms with Gasteiger partial charge in [0.15, 0.2) is 5.76 Å². The molecule has 0 unspecified atom stereocenters. The molecule has 3 heterocycles. The zero-order valence-electron chi connectivity index (χ0n) is 21.3. The second kappa shape index (κ2) is 9.26. The lowest BCUT2D eigenvalue weighted by molar-refractivity contribution is 0.616. The maximum Gasteiger partial charge on any atom is 0.282 e. The van der Waals surface area contributed by atoms with E-state index in [2.05, 4.69) is 54.1 Å². The van der Waals surface area contributed by atoms with Gasteiger partial charge in [-0.1, -0.05) is 78.4 Å². The Balaban J connectivity index is 1.37. The number of benzene rings is 4. The van der Waals surface area contributed by atoms with Crippen LogP contribution in [0.2, 0.25) is 0 Å². The third-order valence-electron chi connectivity index (χ3n) is 7.00. The van der Waals surface area contributed by atoms with Gasteiger partial charge in [-0.15, -0.1) is 0 Å². The number of aryl methyl sites for hydroxylation is 1. The van der Waals surface area contributed by atoms with Gasteiger partial charge in [-0.05, 0) is 42.8 Å². The largest absolute Gasteiger partial charge is 0.453 e. The van der Waals surface area contributed by atoms with Crippen molar-refractivity contribution in [3.63, 3.8) is 0 Å². The van der Waals surface area contributed by atoms with Crippen LogP contribution in [0.15, 0.2) is 124 Å². The number of nitrogens with zero attached hydrogens (tertiary/aromatic N) is 4. The van der Waals surface area contributed by atoms with Crippen molar-refractivity contribution in [3.05, 3.63) is 136 Å². The lowest BCUT2D eigenvalue weighted by Crippen LogP contribution is -2.20. The van der Waals surface area contributed by atoms with Gasteiger partial charge in [0.1, 0.15) is 5.58 Å². The molecule has 0 N–H and O–H groups in total. The Morgan fingerprint density at radius 3 is 2.46 bits per heavy atom. The SMILES string of the molecule is Cc1ccc(Cn2cc(C=Nn3c(-c4cc5ccccc5o4)nc4ccccc4c3=O)c3ccccc32)cc1. The summed E-state index contributed by atoms with van der Waals surface area (Å²) < 4.78 is 9.65. The third-order valence-corrected chi connectivity index (χ3v) is 7.00. The lowest BCUT2D eigenvalue weighted by Gasteiger charge is -2.07. The fourth-order valence-electron chi connectivity index (χ4n) is 5.00. The predicted octanol–water partition coefficient (Wildman–Crippen LogP) is 7.00. The van der Waals surface area contributed by atoms with Crippen LogP contribution in [0.3, 0.4) is 0 Å². The van der Waals surface area contributed by atoms with E-state index in [1.807, 2.05) is 60.7 Å². The summed E-state index contributed by atoms with van der Waals surface area (Å²) in [5.41, 5.74) is 5.53. The summed E-state index contributed by atoms with van der Waals surface area (Å²) in [7, 11) is 0. The summed E-state index contributed by atoms with van der Waals surface area (Å²) >= 11 is 0. The van der Waals surface area contributed by atoms with Gasteiger partial charge in [-0.3, -0.25) is 4.79 Å². The Labute approximate surface area is 224 Å². The molecule has 0 radical (unpaired) electrons. The summed E-state index contributed by atoms with van der Waals surface area (Å²) in [6, 6.07) is 33.7. The van der Waals surface area contributed by atoms with Crippen molar-refractivity contribution in [3.8, 4) is 11.6 Å². The zero-order chi connectivity index (χ0) is 26.3. The van der Waals surface area contributed by atoms with Gasteiger partial charge in [0.05, 0.1) is 17.1 Å². The predicted molar refractivity (Wildman–Crippen MR) is 156 cm³/mol. The highest BCUT2D eigenvalue weighted by atomic mass is 16.3. The number of hydrogen-bond acceptors (Lipinski definition) is 4. The van der Waals surface area contributed by atoms with Crippen molar-refractivity contribution in [1.82, 2.24) is 14.2 Å². The van der Waals surface area contributed by atoms with Gasteiger partial charge in [0, 0.05) is 34.6 Å². The quantitative estimate of drug-likeness (QED) is 0.235. The van der Waals surface area contributed by atoms with Gasteiger partial charge in [-0.2, -0.15) is 9.78 Å². The van der Waals surface area contributed by atoms with Crippen LogP contribution in [0, 0.1) is 6.92 Å². The van der Waals surface area contributed by atoms with E-state index in [-0.39, 0.29) is 5.56 Å². The third kappa shape index (κ3) is 4.12. The first-order chi connectivity index (χ1) is 19.1. The van der Waals surface area contributed by atoms with Crippen LogP contribution in [-0.2, 0) is 6.54 Å². The molecule has 0 aliphatic rings. The number of para-hydroxylation sites is 3. The molecular formula is C33H24N4O2. The lowest BCUT2D eigenvalue weighted by atomic mass is 10.1. The minimum absolute atomic E-state index is 0.254. The summed E-state index contributed by atoms with van der Waals surface area (Å²) in [6.45, 7) is 2.82. The first-order valence-corrected chi connectivity index (χ1v) is 12.8. The standard InChI is InChI=1S/C33H24N4O2/c1-22-14-16-23(17-15-22)20-36-21-25(26-9-4-6-12-29(26)36)19-34-37-32(31-18-24-8-2-7-13-30(24)39-31)35-28-11-5-3-10-27(28)33(37)38/h2-19,21H,20H2,1H3. The van der Waals surface area contributed by atoms with Crippen molar-refractivity contribution >= 4 is 39.0 Å². The average molecular weight is 509 g/mol. The number of fused-ring (bicyclic) bond motifs is 3. The first kappa shape index (κ1) is 22.9. The molecule has 6 nitrogen and oxygen atoms in total. The van der Waals surface area contributed by atoms with Crippen LogP contribution >= 0.6 is 0 Å². The number of hydrogen-bond donors (Lipinski definition) is 0. The smallest absolute Gasteiger partial charge is 0.282 e. The van der Waals surface area contributed by atoms with Gasteiger partial charge in [-0.25, -0.2) is 4.98 Å². The molecule has 4 aromatic carbocycles. The van der Waals surface area contributed by atoms with E-state index < -0.39 is 0 Å². The summed E-state index contributed by atoms with van der Waals surface area (Å²) in [4.78, 5) is 18.5. The second-order valence-corrected chi connectivity index (χ2v) is 9.68. The second-order valence-electron chi connectivity index (χ2n) is 9.68. The Bertz CT molecular complexity index is 2040. The molecule has 39 heavy (non-hydrogen) atoms. The minimum Gasteiger partial charge on any atom is -0.453 e. The molecule has 0 fully saturated rings. The first-order valence-electron chi connectivity index (χ1n) is 12.8. The topological polar surface area (TPSA) is 65.3 Å². The van der Waals surface area contributed by atoms with E-state index in [0.717, 1.165) is 34.0 Å². The Morgan fingerprint density at radius 2 is 1.62 bits per heavy atom. The molecule has 0 atom stereocenters. The van der Waals surface area contributed by atoms with E-state index in [1.54, 1.807) is 12.3 Å². The summed E-state index contributed by atoms with van der Waals surface area (Å²) in [5.74, 6) is 0.840. The highest BCUT2D eigenvalue weighted by molar-refractivity contribution is 5.99. The number of furan rings is 1. The Morgan fingerprint density at radius 1 is 0.872 bits per heavy atom. The number of aromatic nitrogens is 3. The van der Waals surface area contributed by atoms with Gasteiger partial charge in [0.2, 0.25) is 5.82 Å². The highest BCUT2D eigenvalue weighted by Crippen LogP contribution is 2.27. The van der Waals surface area contributed by atoms with Crippen LogP contribution in [0.4, 0.5) is 0 Å². The normalized spacial score (nSPS) is 11.8. The summed E-state index contributed by atoms with van der Waals surface area (Å²) in [6.07, 6.45) is 3.81. The molecule has 6 heteroatoms. The molecule has 7 aromatic rings. The van der Waals surface area contributed by atoms with E-state index in [1.165, 1.54) is 15.8 Å².